The lowest BCUT2D eigenvalue weighted by molar-refractivity contribution is -0.120. The molecule has 1 saturated carbocycles. The number of carbonyl (C=O) groups is 1. The maximum Gasteiger partial charge on any atom is 0.214 e. The van der Waals surface area contributed by atoms with Gasteiger partial charge in [0.05, 0.1) is 16.8 Å². The van der Waals surface area contributed by atoms with Crippen molar-refractivity contribution in [2.75, 3.05) is 11.5 Å². The van der Waals surface area contributed by atoms with E-state index in [1.54, 1.807) is 0 Å². The first-order chi connectivity index (χ1) is 8.78. The van der Waals surface area contributed by atoms with Gasteiger partial charge in [-0.25, -0.2) is 21.6 Å². The minimum atomic E-state index is -3.48. The zero-order chi connectivity index (χ0) is 14.1. The van der Waals surface area contributed by atoms with Crippen LogP contribution in [-0.2, 0) is 24.7 Å². The van der Waals surface area contributed by atoms with Crippen LogP contribution in [0.1, 0.15) is 38.5 Å². The molecule has 1 saturated heterocycles. The fraction of sp³-hybridized carbons (Fsp3) is 0.909. The van der Waals surface area contributed by atoms with Crippen LogP contribution in [0, 0.1) is 0 Å². The van der Waals surface area contributed by atoms with Gasteiger partial charge in [0.15, 0.2) is 0 Å². The first-order valence-corrected chi connectivity index (χ1v) is 9.88. The Balaban J connectivity index is 1.94. The molecule has 0 unspecified atom stereocenters. The van der Waals surface area contributed by atoms with Crippen molar-refractivity contribution in [3.05, 3.63) is 0 Å². The summed E-state index contributed by atoms with van der Waals surface area (Å²) in [7, 11) is -6.53. The number of Topliss-reactive ketones (excluding diaryl/α,β-unsaturated/α-hetero) is 1. The van der Waals surface area contributed by atoms with E-state index < -0.39 is 25.1 Å². The van der Waals surface area contributed by atoms with E-state index in [2.05, 4.69) is 4.72 Å². The number of sulfonamides is 1. The van der Waals surface area contributed by atoms with Gasteiger partial charge in [-0.15, -0.1) is 0 Å². The van der Waals surface area contributed by atoms with Crippen molar-refractivity contribution in [1.82, 2.24) is 4.72 Å². The zero-order valence-electron chi connectivity index (χ0n) is 10.7. The van der Waals surface area contributed by atoms with E-state index in [4.69, 9.17) is 0 Å². The van der Waals surface area contributed by atoms with E-state index in [0.717, 1.165) is 0 Å². The number of hydrogen-bond donors (Lipinski definition) is 1. The lowest BCUT2D eigenvalue weighted by atomic mass is 9.95. The standard InChI is InChI=1S/C11H19NO5S2/c13-10-3-1-9(2-4-10)12-19(16,17)11-5-7-18(14,15)8-6-11/h9,11-12H,1-8H2. The van der Waals surface area contributed by atoms with Crippen LogP contribution in [0.2, 0.25) is 0 Å². The third-order valence-electron chi connectivity index (χ3n) is 3.81. The average Bonchev–Trinajstić information content (AvgIpc) is 2.31. The molecule has 1 aliphatic heterocycles. The van der Waals surface area contributed by atoms with Crippen LogP contribution in [0.4, 0.5) is 0 Å². The molecule has 1 aliphatic carbocycles. The molecule has 19 heavy (non-hydrogen) atoms. The summed E-state index contributed by atoms with van der Waals surface area (Å²) in [5.41, 5.74) is 0. The Morgan fingerprint density at radius 1 is 1.00 bits per heavy atom. The Morgan fingerprint density at radius 3 is 2.05 bits per heavy atom. The van der Waals surface area contributed by atoms with Crippen molar-refractivity contribution in [3.63, 3.8) is 0 Å². The topological polar surface area (TPSA) is 97.4 Å². The Bertz CT molecular complexity index is 528. The van der Waals surface area contributed by atoms with Crippen molar-refractivity contribution in [1.29, 1.82) is 0 Å². The van der Waals surface area contributed by atoms with Crippen LogP contribution in [0.3, 0.4) is 0 Å². The molecule has 0 aromatic heterocycles. The molecule has 2 fully saturated rings. The van der Waals surface area contributed by atoms with Crippen molar-refractivity contribution in [2.24, 2.45) is 0 Å². The highest BCUT2D eigenvalue weighted by molar-refractivity contribution is 7.92. The second-order valence-corrected chi connectivity index (χ2v) is 9.62. The van der Waals surface area contributed by atoms with Crippen LogP contribution in [0.5, 0.6) is 0 Å². The molecule has 0 spiro atoms. The minimum absolute atomic E-state index is 0.0538. The quantitative estimate of drug-likeness (QED) is 0.791. The molecule has 1 N–H and O–H groups in total. The summed E-state index contributed by atoms with van der Waals surface area (Å²) in [5.74, 6) is 0.0721. The number of sulfone groups is 1. The van der Waals surface area contributed by atoms with Crippen molar-refractivity contribution in [3.8, 4) is 0 Å². The summed E-state index contributed by atoms with van der Waals surface area (Å²) in [5, 5.41) is -0.617. The average molecular weight is 309 g/mol. The van der Waals surface area contributed by atoms with E-state index in [1.165, 1.54) is 0 Å². The molecule has 2 rings (SSSR count). The largest absolute Gasteiger partial charge is 0.300 e. The van der Waals surface area contributed by atoms with Gasteiger partial charge in [0.2, 0.25) is 10.0 Å². The second-order valence-electron chi connectivity index (χ2n) is 5.33. The highest BCUT2D eigenvalue weighted by Gasteiger charge is 2.34. The van der Waals surface area contributed by atoms with Crippen LogP contribution in [0.25, 0.3) is 0 Å². The molecule has 2 aliphatic rings. The highest BCUT2D eigenvalue weighted by atomic mass is 32.2. The Labute approximate surface area is 113 Å². The highest BCUT2D eigenvalue weighted by Crippen LogP contribution is 2.21. The lowest BCUT2D eigenvalue weighted by Crippen LogP contribution is -2.45. The normalized spacial score (nSPS) is 26.4. The predicted molar refractivity (Wildman–Crippen MR) is 71.0 cm³/mol. The molecule has 110 valence electrons. The Kier molecular flexibility index (Phi) is 4.32. The number of nitrogens with one attached hydrogen (secondary N) is 1. The maximum absolute atomic E-state index is 12.2. The van der Waals surface area contributed by atoms with Crippen molar-refractivity contribution >= 4 is 25.6 Å². The van der Waals surface area contributed by atoms with Gasteiger partial charge in [-0.1, -0.05) is 0 Å². The van der Waals surface area contributed by atoms with E-state index >= 15 is 0 Å². The Hall–Kier alpha value is -0.470. The molecule has 0 aromatic carbocycles. The number of ketones is 1. The van der Waals surface area contributed by atoms with E-state index in [9.17, 15) is 21.6 Å². The molecular weight excluding hydrogens is 290 g/mol. The van der Waals surface area contributed by atoms with E-state index in [0.29, 0.717) is 25.7 Å². The SMILES string of the molecule is O=C1CCC(NS(=O)(=O)C2CCS(=O)(=O)CC2)CC1. The van der Waals surface area contributed by atoms with Gasteiger partial charge in [0, 0.05) is 18.9 Å². The minimum Gasteiger partial charge on any atom is -0.300 e. The van der Waals surface area contributed by atoms with Gasteiger partial charge in [0.1, 0.15) is 15.6 Å². The molecule has 8 heteroatoms. The van der Waals surface area contributed by atoms with Crippen LogP contribution in [0.15, 0.2) is 0 Å². The van der Waals surface area contributed by atoms with Gasteiger partial charge in [-0.3, -0.25) is 4.79 Å². The predicted octanol–water partition coefficient (Wildman–Crippen LogP) is -0.00530. The van der Waals surface area contributed by atoms with Gasteiger partial charge in [-0.2, -0.15) is 0 Å². The second kappa shape index (κ2) is 5.49. The summed E-state index contributed by atoms with van der Waals surface area (Å²) >= 11 is 0. The lowest BCUT2D eigenvalue weighted by Gasteiger charge is -2.27. The van der Waals surface area contributed by atoms with Gasteiger partial charge in [0.25, 0.3) is 0 Å². The first-order valence-electron chi connectivity index (χ1n) is 6.52. The summed E-state index contributed by atoms with van der Waals surface area (Å²) in [4.78, 5) is 11.1. The van der Waals surface area contributed by atoms with Gasteiger partial charge >= 0.3 is 0 Å². The molecule has 1 heterocycles. The fourth-order valence-electron chi connectivity index (χ4n) is 2.56. The first kappa shape index (κ1) is 14.9. The number of rotatable bonds is 3. The molecule has 0 radical (unpaired) electrons. The van der Waals surface area contributed by atoms with Crippen LogP contribution < -0.4 is 4.72 Å². The molecule has 6 nitrogen and oxygen atoms in total. The molecule has 0 atom stereocenters. The fourth-order valence-corrected chi connectivity index (χ4v) is 6.10. The molecular formula is C11H19NO5S2. The van der Waals surface area contributed by atoms with Gasteiger partial charge < -0.3 is 0 Å². The number of hydrogen-bond acceptors (Lipinski definition) is 5. The van der Waals surface area contributed by atoms with Crippen molar-refractivity contribution < 1.29 is 21.6 Å². The van der Waals surface area contributed by atoms with E-state index in [1.807, 2.05) is 0 Å². The summed E-state index contributed by atoms with van der Waals surface area (Å²) in [6, 6.07) is -0.179. The zero-order valence-corrected chi connectivity index (χ0v) is 12.3. The molecule has 0 bridgehead atoms. The van der Waals surface area contributed by atoms with Gasteiger partial charge in [-0.05, 0) is 25.7 Å². The monoisotopic (exact) mass is 309 g/mol. The van der Waals surface area contributed by atoms with E-state index in [-0.39, 0.29) is 36.2 Å². The number of carbonyl (C=O) groups excluding carboxylic acids is 1. The maximum atomic E-state index is 12.2. The summed E-state index contributed by atoms with van der Waals surface area (Å²) in [6.45, 7) is 0. The third-order valence-corrected chi connectivity index (χ3v) is 7.54. The molecule has 0 aromatic rings. The summed E-state index contributed by atoms with van der Waals surface area (Å²) in [6.07, 6.45) is 2.28. The summed E-state index contributed by atoms with van der Waals surface area (Å²) < 4.78 is 49.5. The van der Waals surface area contributed by atoms with Crippen molar-refractivity contribution in [2.45, 2.75) is 49.8 Å². The van der Waals surface area contributed by atoms with Crippen LogP contribution in [-0.4, -0.2) is 45.4 Å². The Morgan fingerprint density at radius 2 is 1.53 bits per heavy atom. The smallest absolute Gasteiger partial charge is 0.214 e. The third kappa shape index (κ3) is 4.00. The molecule has 0 amide bonds. The van der Waals surface area contributed by atoms with Crippen LogP contribution >= 0.6 is 0 Å².